The van der Waals surface area contributed by atoms with Crippen LogP contribution in [0.25, 0.3) is 0 Å². The van der Waals surface area contributed by atoms with Crippen LogP contribution in [-0.4, -0.2) is 38.7 Å². The van der Waals surface area contributed by atoms with Gasteiger partial charge in [0.05, 0.1) is 25.3 Å². The molecule has 21 heavy (non-hydrogen) atoms. The summed E-state index contributed by atoms with van der Waals surface area (Å²) < 4.78 is 7.51. The van der Waals surface area contributed by atoms with E-state index in [0.29, 0.717) is 37.6 Å². The number of carbonyl (C=O) groups is 1. The highest BCUT2D eigenvalue weighted by Crippen LogP contribution is 2.20. The summed E-state index contributed by atoms with van der Waals surface area (Å²) in [6.07, 6.45) is 2.01. The number of para-hydroxylation sites is 2. The summed E-state index contributed by atoms with van der Waals surface area (Å²) in [4.78, 5) is 13.9. The van der Waals surface area contributed by atoms with Gasteiger partial charge in [0.15, 0.2) is 5.82 Å². The Kier molecular flexibility index (Phi) is 3.72. The van der Waals surface area contributed by atoms with Gasteiger partial charge in [-0.05, 0) is 12.1 Å². The van der Waals surface area contributed by atoms with E-state index in [-0.39, 0.29) is 5.91 Å². The zero-order chi connectivity index (χ0) is 14.7. The lowest BCUT2D eigenvalue weighted by molar-refractivity contribution is -0.133. The van der Waals surface area contributed by atoms with Crippen LogP contribution in [0.15, 0.2) is 30.6 Å². The molecule has 1 aliphatic rings. The minimum atomic E-state index is 0.0544. The molecule has 0 unspecified atom stereocenters. The number of carbonyl (C=O) groups excluding carboxylic acids is 1. The van der Waals surface area contributed by atoms with Gasteiger partial charge in [-0.25, -0.2) is 0 Å². The van der Waals surface area contributed by atoms with Gasteiger partial charge >= 0.3 is 0 Å². The van der Waals surface area contributed by atoms with E-state index in [4.69, 9.17) is 10.5 Å². The summed E-state index contributed by atoms with van der Waals surface area (Å²) in [5, 5.41) is 7.85. The van der Waals surface area contributed by atoms with Crippen molar-refractivity contribution in [2.75, 3.05) is 18.9 Å². The zero-order valence-electron chi connectivity index (χ0n) is 11.6. The molecule has 2 heterocycles. The molecule has 0 bridgehead atoms. The number of nitrogens with zero attached hydrogens (tertiary/aromatic N) is 4. The maximum atomic E-state index is 12.2. The van der Waals surface area contributed by atoms with Crippen LogP contribution >= 0.6 is 0 Å². The molecule has 1 aliphatic heterocycles. The highest BCUT2D eigenvalue weighted by Gasteiger charge is 2.21. The molecule has 1 aromatic heterocycles. The fourth-order valence-electron chi connectivity index (χ4n) is 2.30. The van der Waals surface area contributed by atoms with E-state index in [2.05, 4.69) is 10.2 Å². The van der Waals surface area contributed by atoms with Gasteiger partial charge in [-0.3, -0.25) is 4.79 Å². The van der Waals surface area contributed by atoms with Gasteiger partial charge in [-0.15, -0.1) is 10.2 Å². The highest BCUT2D eigenvalue weighted by atomic mass is 16.5. The number of anilines is 1. The first-order chi connectivity index (χ1) is 10.2. The lowest BCUT2D eigenvalue weighted by Crippen LogP contribution is -2.38. The number of nitrogen functional groups attached to an aromatic ring is 1. The average Bonchev–Trinajstić information content (AvgIpc) is 2.96. The standard InChI is InChI=1S/C14H17N5O2/c15-11-3-1-2-4-12(11)21-8-5-14(20)18-6-7-19-10-16-17-13(19)9-18/h1-4,10H,5-9,15H2. The fourth-order valence-corrected chi connectivity index (χ4v) is 2.30. The van der Waals surface area contributed by atoms with Crippen LogP contribution in [0.4, 0.5) is 5.69 Å². The largest absolute Gasteiger partial charge is 0.491 e. The molecule has 0 saturated heterocycles. The molecule has 1 aromatic carbocycles. The third-order valence-corrected chi connectivity index (χ3v) is 3.48. The van der Waals surface area contributed by atoms with Crippen molar-refractivity contribution < 1.29 is 9.53 Å². The van der Waals surface area contributed by atoms with Crippen molar-refractivity contribution in [1.82, 2.24) is 19.7 Å². The molecule has 2 aromatic rings. The van der Waals surface area contributed by atoms with E-state index in [1.54, 1.807) is 23.4 Å². The van der Waals surface area contributed by atoms with Crippen molar-refractivity contribution in [1.29, 1.82) is 0 Å². The highest BCUT2D eigenvalue weighted by molar-refractivity contribution is 5.76. The Bertz CT molecular complexity index is 640. The van der Waals surface area contributed by atoms with Gasteiger partial charge in [0.1, 0.15) is 12.1 Å². The molecule has 2 N–H and O–H groups in total. The van der Waals surface area contributed by atoms with Crippen LogP contribution in [0, 0.1) is 0 Å². The van der Waals surface area contributed by atoms with Crippen molar-refractivity contribution in [2.24, 2.45) is 0 Å². The predicted molar refractivity (Wildman–Crippen MR) is 76.4 cm³/mol. The van der Waals surface area contributed by atoms with Gasteiger partial charge in [0.25, 0.3) is 0 Å². The number of nitrogens with two attached hydrogens (primary N) is 1. The van der Waals surface area contributed by atoms with Crippen LogP contribution in [-0.2, 0) is 17.9 Å². The maximum Gasteiger partial charge on any atom is 0.226 e. The molecule has 0 fully saturated rings. The van der Waals surface area contributed by atoms with Crippen molar-refractivity contribution in [3.05, 3.63) is 36.4 Å². The lowest BCUT2D eigenvalue weighted by atomic mass is 10.3. The number of aromatic nitrogens is 3. The predicted octanol–water partition coefficient (Wildman–Crippen LogP) is 0.672. The summed E-state index contributed by atoms with van der Waals surface area (Å²) in [6.45, 7) is 2.24. The van der Waals surface area contributed by atoms with Crippen LogP contribution in [0.1, 0.15) is 12.2 Å². The van der Waals surface area contributed by atoms with Crippen molar-refractivity contribution in [3.63, 3.8) is 0 Å². The van der Waals surface area contributed by atoms with E-state index in [0.717, 1.165) is 12.4 Å². The van der Waals surface area contributed by atoms with E-state index in [1.165, 1.54) is 0 Å². The maximum absolute atomic E-state index is 12.2. The molecule has 7 nitrogen and oxygen atoms in total. The molecule has 7 heteroatoms. The third kappa shape index (κ3) is 2.96. The third-order valence-electron chi connectivity index (χ3n) is 3.48. The molecule has 3 rings (SSSR count). The Balaban J connectivity index is 1.50. The van der Waals surface area contributed by atoms with Gasteiger partial charge in [-0.2, -0.15) is 0 Å². The van der Waals surface area contributed by atoms with Gasteiger partial charge in [0.2, 0.25) is 5.91 Å². The second-order valence-electron chi connectivity index (χ2n) is 4.89. The summed E-state index contributed by atoms with van der Waals surface area (Å²) in [7, 11) is 0. The number of rotatable bonds is 4. The Morgan fingerprint density at radius 3 is 3.05 bits per heavy atom. The molecule has 0 saturated carbocycles. The lowest BCUT2D eigenvalue weighted by Gasteiger charge is -2.27. The van der Waals surface area contributed by atoms with E-state index in [1.807, 2.05) is 16.7 Å². The van der Waals surface area contributed by atoms with E-state index < -0.39 is 0 Å². The first-order valence-electron chi connectivity index (χ1n) is 6.86. The van der Waals surface area contributed by atoms with E-state index in [9.17, 15) is 4.79 Å². The number of benzene rings is 1. The fraction of sp³-hybridized carbons (Fsp3) is 0.357. The topological polar surface area (TPSA) is 86.3 Å². The molecule has 0 radical (unpaired) electrons. The molecule has 110 valence electrons. The smallest absolute Gasteiger partial charge is 0.226 e. The van der Waals surface area contributed by atoms with Crippen LogP contribution in [0.3, 0.4) is 0 Å². The normalized spacial score (nSPS) is 13.8. The number of fused-ring (bicyclic) bond motifs is 1. The minimum Gasteiger partial charge on any atom is -0.491 e. The van der Waals surface area contributed by atoms with Crippen molar-refractivity contribution in [2.45, 2.75) is 19.5 Å². The molecule has 0 atom stereocenters. The Labute approximate surface area is 122 Å². The van der Waals surface area contributed by atoms with E-state index >= 15 is 0 Å². The molecule has 0 spiro atoms. The van der Waals surface area contributed by atoms with Crippen molar-refractivity contribution >= 4 is 11.6 Å². The number of amides is 1. The zero-order valence-corrected chi connectivity index (χ0v) is 11.6. The number of ether oxygens (including phenoxy) is 1. The molecular formula is C14H17N5O2. The number of hydrogen-bond donors (Lipinski definition) is 1. The molecular weight excluding hydrogens is 270 g/mol. The van der Waals surface area contributed by atoms with Gasteiger partial charge in [-0.1, -0.05) is 12.1 Å². The van der Waals surface area contributed by atoms with Crippen LogP contribution in [0.2, 0.25) is 0 Å². The Morgan fingerprint density at radius 2 is 2.19 bits per heavy atom. The molecule has 1 amide bonds. The Hall–Kier alpha value is -2.57. The van der Waals surface area contributed by atoms with Crippen molar-refractivity contribution in [3.8, 4) is 5.75 Å². The summed E-state index contributed by atoms with van der Waals surface area (Å²) in [5.74, 6) is 1.49. The summed E-state index contributed by atoms with van der Waals surface area (Å²) in [5.41, 5.74) is 6.36. The first kappa shape index (κ1) is 13.4. The second-order valence-corrected chi connectivity index (χ2v) is 4.89. The SMILES string of the molecule is Nc1ccccc1OCCC(=O)N1CCn2cnnc2C1. The summed E-state index contributed by atoms with van der Waals surface area (Å²) >= 11 is 0. The number of hydrogen-bond acceptors (Lipinski definition) is 5. The van der Waals surface area contributed by atoms with Crippen LogP contribution in [0.5, 0.6) is 5.75 Å². The van der Waals surface area contributed by atoms with Crippen LogP contribution < -0.4 is 10.5 Å². The Morgan fingerprint density at radius 1 is 1.33 bits per heavy atom. The average molecular weight is 287 g/mol. The monoisotopic (exact) mass is 287 g/mol. The van der Waals surface area contributed by atoms with Gasteiger partial charge < -0.3 is 19.9 Å². The van der Waals surface area contributed by atoms with Gasteiger partial charge in [0, 0.05) is 13.1 Å². The molecule has 0 aliphatic carbocycles. The summed E-state index contributed by atoms with van der Waals surface area (Å²) in [6, 6.07) is 7.26. The quantitative estimate of drug-likeness (QED) is 0.835. The second kappa shape index (κ2) is 5.82. The minimum absolute atomic E-state index is 0.0544. The first-order valence-corrected chi connectivity index (χ1v) is 6.86.